The molecule has 0 saturated carbocycles. The van der Waals surface area contributed by atoms with E-state index < -0.39 is 24.6 Å². The molecule has 1 aromatic heterocycles. The molecule has 1 unspecified atom stereocenters. The third-order valence-electron chi connectivity index (χ3n) is 3.81. The van der Waals surface area contributed by atoms with Gasteiger partial charge in [0.2, 0.25) is 0 Å². The number of amides is 2. The maximum Gasteiger partial charge on any atom is 0.349 e. The molecule has 8 nitrogen and oxygen atoms in total. The summed E-state index contributed by atoms with van der Waals surface area (Å²) in [5.74, 6) is -2.67. The summed E-state index contributed by atoms with van der Waals surface area (Å²) in [6, 6.07) is 6.21. The number of carbonyl (C=O) groups is 3. The molecule has 1 aromatic carbocycles. The Hall–Kier alpha value is -2.78. The summed E-state index contributed by atoms with van der Waals surface area (Å²) in [5, 5.41) is 20.8. The van der Waals surface area contributed by atoms with Crippen LogP contribution >= 0.6 is 22.9 Å². The van der Waals surface area contributed by atoms with Gasteiger partial charge in [0.05, 0.1) is 10.9 Å². The molecule has 1 heterocycles. The highest BCUT2D eigenvalue weighted by atomic mass is 35.5. The van der Waals surface area contributed by atoms with Gasteiger partial charge in [-0.15, -0.1) is 11.3 Å². The molecular formula is C18H19ClN2O6S. The summed E-state index contributed by atoms with van der Waals surface area (Å²) < 4.78 is 5.07. The third kappa shape index (κ3) is 5.14. The van der Waals surface area contributed by atoms with Crippen molar-refractivity contribution in [2.75, 3.05) is 6.61 Å². The molecule has 0 aliphatic heterocycles. The van der Waals surface area contributed by atoms with E-state index in [9.17, 15) is 19.5 Å². The van der Waals surface area contributed by atoms with Gasteiger partial charge >= 0.3 is 18.0 Å². The topological polar surface area (TPSA) is 139 Å². The number of rotatable bonds is 9. The van der Waals surface area contributed by atoms with E-state index in [1.807, 2.05) is 6.92 Å². The van der Waals surface area contributed by atoms with Crippen molar-refractivity contribution in [2.24, 2.45) is 5.73 Å². The second kappa shape index (κ2) is 9.43. The monoisotopic (exact) mass is 426 g/mol. The van der Waals surface area contributed by atoms with Crippen molar-refractivity contribution in [3.63, 3.8) is 0 Å². The second-order valence-corrected chi connectivity index (χ2v) is 7.26. The lowest BCUT2D eigenvalue weighted by Crippen LogP contribution is -2.33. The molecule has 0 spiro atoms. The highest BCUT2D eigenvalue weighted by molar-refractivity contribution is 7.18. The first-order valence-electron chi connectivity index (χ1n) is 8.31. The number of hydrogen-bond acceptors (Lipinski definition) is 5. The number of urea groups is 1. The van der Waals surface area contributed by atoms with Crippen LogP contribution in [0, 0.1) is 0 Å². The molecule has 0 radical (unpaired) electrons. The van der Waals surface area contributed by atoms with E-state index in [1.165, 1.54) is 0 Å². The number of ether oxygens (including phenoxy) is 1. The number of aromatic carboxylic acids is 1. The zero-order valence-electron chi connectivity index (χ0n) is 14.9. The minimum atomic E-state index is -1.26. The molecule has 28 heavy (non-hydrogen) atoms. The summed E-state index contributed by atoms with van der Waals surface area (Å²) >= 11 is 7.16. The lowest BCUT2D eigenvalue weighted by atomic mass is 10.0. The largest absolute Gasteiger partial charge is 0.479 e. The Morgan fingerprint density at radius 1 is 1.25 bits per heavy atom. The van der Waals surface area contributed by atoms with Crippen LogP contribution in [-0.4, -0.2) is 34.8 Å². The van der Waals surface area contributed by atoms with Crippen molar-refractivity contribution >= 4 is 40.9 Å². The van der Waals surface area contributed by atoms with Crippen molar-refractivity contribution in [1.29, 1.82) is 0 Å². The Balaban J connectivity index is 2.37. The number of nitrogens with two attached hydrogens (primary N) is 1. The predicted molar refractivity (Wildman–Crippen MR) is 105 cm³/mol. The fourth-order valence-corrected chi connectivity index (χ4v) is 4.05. The van der Waals surface area contributed by atoms with Crippen LogP contribution in [0.4, 0.5) is 4.79 Å². The number of primary amides is 1. The van der Waals surface area contributed by atoms with E-state index in [4.69, 9.17) is 27.2 Å². The van der Waals surface area contributed by atoms with Crippen LogP contribution in [0.1, 0.15) is 41.0 Å². The Morgan fingerprint density at radius 3 is 2.39 bits per heavy atom. The first kappa shape index (κ1) is 21.5. The van der Waals surface area contributed by atoms with Gasteiger partial charge in [-0.05, 0) is 17.5 Å². The molecule has 150 valence electrons. The van der Waals surface area contributed by atoms with Crippen LogP contribution in [0.5, 0.6) is 5.75 Å². The van der Waals surface area contributed by atoms with Crippen LogP contribution in [0.25, 0.3) is 10.4 Å². The van der Waals surface area contributed by atoms with Gasteiger partial charge in [-0.25, -0.2) is 14.4 Å². The zero-order chi connectivity index (χ0) is 20.8. The van der Waals surface area contributed by atoms with Crippen LogP contribution in [0.3, 0.4) is 0 Å². The van der Waals surface area contributed by atoms with Crippen LogP contribution in [0.2, 0.25) is 5.02 Å². The zero-order valence-corrected chi connectivity index (χ0v) is 16.5. The normalized spacial score (nSPS) is 11.6. The molecule has 2 amide bonds. The Kier molecular flexibility index (Phi) is 7.24. The van der Waals surface area contributed by atoms with Crippen molar-refractivity contribution in [3.8, 4) is 16.2 Å². The van der Waals surface area contributed by atoms with E-state index in [1.54, 1.807) is 24.3 Å². The van der Waals surface area contributed by atoms with Crippen molar-refractivity contribution in [3.05, 3.63) is 39.7 Å². The fraction of sp³-hybridized carbons (Fsp3) is 0.278. The number of carboxylic acids is 2. The summed E-state index contributed by atoms with van der Waals surface area (Å²) in [4.78, 5) is 33.6. The number of carboxylic acid groups (broad SMARTS) is 2. The summed E-state index contributed by atoms with van der Waals surface area (Å²) in [6.45, 7) is 1.29. The molecule has 0 saturated heterocycles. The van der Waals surface area contributed by atoms with E-state index in [-0.39, 0.29) is 21.7 Å². The van der Waals surface area contributed by atoms with Gasteiger partial charge in [-0.3, -0.25) is 0 Å². The average Bonchev–Trinajstić information content (AvgIpc) is 2.96. The maximum absolute atomic E-state index is 11.5. The first-order valence-corrected chi connectivity index (χ1v) is 9.50. The first-order chi connectivity index (χ1) is 13.2. The lowest BCUT2D eigenvalue weighted by Gasteiger charge is -2.17. The van der Waals surface area contributed by atoms with Crippen LogP contribution < -0.4 is 15.8 Å². The fourth-order valence-electron chi connectivity index (χ4n) is 2.63. The number of benzene rings is 1. The number of thiophene rings is 1. The number of aliphatic carboxylic acids is 1. The van der Waals surface area contributed by atoms with Crippen molar-refractivity contribution < 1.29 is 29.3 Å². The van der Waals surface area contributed by atoms with Crippen LogP contribution in [-0.2, 0) is 4.79 Å². The smallest absolute Gasteiger partial charge is 0.349 e. The molecule has 0 fully saturated rings. The molecule has 5 N–H and O–H groups in total. The summed E-state index contributed by atoms with van der Waals surface area (Å²) in [6.07, 6.45) is 1.55. The number of carbonyl (C=O) groups excluding carboxylic acids is 1. The molecule has 0 aliphatic rings. The van der Waals surface area contributed by atoms with Crippen LogP contribution in [0.15, 0.2) is 24.3 Å². The van der Waals surface area contributed by atoms with Crippen molar-refractivity contribution in [1.82, 2.24) is 5.32 Å². The predicted octanol–water partition coefficient (Wildman–Crippen LogP) is 3.74. The molecule has 2 rings (SSSR count). The summed E-state index contributed by atoms with van der Waals surface area (Å²) in [7, 11) is 0. The molecular weight excluding hydrogens is 408 g/mol. The summed E-state index contributed by atoms with van der Waals surface area (Å²) in [5.41, 5.74) is 6.71. The van der Waals surface area contributed by atoms with E-state index in [0.29, 0.717) is 16.9 Å². The Bertz CT molecular complexity index is 881. The SMILES string of the molecule is CCCC(NC(N)=O)c1ccc(-c2sc(C(=O)O)c(OCC(=O)O)c2Cl)cc1. The van der Waals surface area contributed by atoms with Gasteiger partial charge in [0.15, 0.2) is 17.2 Å². The van der Waals surface area contributed by atoms with Gasteiger partial charge in [0.1, 0.15) is 5.02 Å². The van der Waals surface area contributed by atoms with Gasteiger partial charge in [0.25, 0.3) is 0 Å². The molecule has 0 aliphatic carbocycles. The van der Waals surface area contributed by atoms with Gasteiger partial charge in [-0.2, -0.15) is 0 Å². The number of halogens is 1. The highest BCUT2D eigenvalue weighted by Crippen LogP contribution is 2.45. The Labute approximate surface area is 169 Å². The highest BCUT2D eigenvalue weighted by Gasteiger charge is 2.25. The molecule has 1 atom stereocenters. The minimum Gasteiger partial charge on any atom is -0.479 e. The Morgan fingerprint density at radius 2 is 1.89 bits per heavy atom. The molecule has 0 bridgehead atoms. The molecule has 10 heteroatoms. The van der Waals surface area contributed by atoms with Gasteiger partial charge < -0.3 is 26.0 Å². The van der Waals surface area contributed by atoms with Crippen molar-refractivity contribution in [2.45, 2.75) is 25.8 Å². The minimum absolute atomic E-state index is 0.0387. The number of nitrogens with one attached hydrogen (secondary N) is 1. The van der Waals surface area contributed by atoms with Gasteiger partial charge in [0, 0.05) is 0 Å². The standard InChI is InChI=1S/C18H19ClN2O6S/c1-2-3-11(21-18(20)26)9-4-6-10(7-5-9)15-13(19)14(27-8-12(22)23)16(28-15)17(24)25/h4-7,11H,2-3,8H2,1H3,(H,22,23)(H,24,25)(H3,20,21,26). The number of hydrogen-bond donors (Lipinski definition) is 4. The van der Waals surface area contributed by atoms with E-state index >= 15 is 0 Å². The average molecular weight is 427 g/mol. The lowest BCUT2D eigenvalue weighted by molar-refractivity contribution is -0.139. The van der Waals surface area contributed by atoms with E-state index in [2.05, 4.69) is 5.32 Å². The molecule has 2 aromatic rings. The van der Waals surface area contributed by atoms with E-state index in [0.717, 1.165) is 23.3 Å². The second-order valence-electron chi connectivity index (χ2n) is 5.86. The third-order valence-corrected chi connectivity index (χ3v) is 5.49. The quantitative estimate of drug-likeness (QED) is 0.481. The van der Waals surface area contributed by atoms with Gasteiger partial charge in [-0.1, -0.05) is 49.2 Å². The maximum atomic E-state index is 11.5.